The molecule has 1 aromatic carbocycles. The standard InChI is InChI=1S/C20H25N7S/c1-13-12-28-18(22-13)16-10-6-7-11-27(16)14(2)17-24-19(21)26-20(25-17)23-15-8-4-3-5-9-15/h3-5,8-9,12,14,16H,6-7,10-11H2,1-2H3,(H3,21,23,24,25,26)/t14-,16+/m1/s1. The van der Waals surface area contributed by atoms with Gasteiger partial charge in [-0.25, -0.2) is 4.98 Å². The maximum absolute atomic E-state index is 6.00. The number of nitrogens with zero attached hydrogens (tertiary/aromatic N) is 5. The van der Waals surface area contributed by atoms with Crippen LogP contribution in [0.4, 0.5) is 17.6 Å². The number of para-hydroxylation sites is 1. The lowest BCUT2D eigenvalue weighted by molar-refractivity contribution is 0.0982. The van der Waals surface area contributed by atoms with E-state index in [1.807, 2.05) is 37.3 Å². The summed E-state index contributed by atoms with van der Waals surface area (Å²) in [5.74, 6) is 1.39. The van der Waals surface area contributed by atoms with E-state index >= 15 is 0 Å². The average Bonchev–Trinajstić information content (AvgIpc) is 3.14. The van der Waals surface area contributed by atoms with Crippen LogP contribution in [0.5, 0.6) is 0 Å². The minimum atomic E-state index is 0.0242. The topological polar surface area (TPSA) is 92.9 Å². The Hall–Kier alpha value is -2.58. The van der Waals surface area contributed by atoms with Crippen LogP contribution < -0.4 is 11.1 Å². The Bertz CT molecular complexity index is 927. The monoisotopic (exact) mass is 395 g/mol. The van der Waals surface area contributed by atoms with Crippen LogP contribution in [0.25, 0.3) is 0 Å². The van der Waals surface area contributed by atoms with Gasteiger partial charge in [0.15, 0.2) is 5.82 Å². The van der Waals surface area contributed by atoms with Crippen molar-refractivity contribution in [3.8, 4) is 0 Å². The molecule has 146 valence electrons. The van der Waals surface area contributed by atoms with E-state index in [2.05, 4.69) is 37.5 Å². The molecule has 0 bridgehead atoms. The molecule has 1 fully saturated rings. The molecule has 1 saturated heterocycles. The number of nitrogen functional groups attached to an aromatic ring is 1. The number of nitrogens with two attached hydrogens (primary N) is 1. The first-order chi connectivity index (χ1) is 13.6. The Kier molecular flexibility index (Phi) is 5.50. The van der Waals surface area contributed by atoms with Crippen molar-refractivity contribution < 1.29 is 0 Å². The van der Waals surface area contributed by atoms with E-state index in [1.165, 1.54) is 17.8 Å². The van der Waals surface area contributed by atoms with Crippen LogP contribution >= 0.6 is 11.3 Å². The van der Waals surface area contributed by atoms with Gasteiger partial charge in [-0.2, -0.15) is 15.0 Å². The van der Waals surface area contributed by atoms with Crippen LogP contribution in [0.1, 0.15) is 54.8 Å². The Morgan fingerprint density at radius 3 is 2.71 bits per heavy atom. The molecule has 2 atom stereocenters. The SMILES string of the molecule is Cc1csc([C@@H]2CCCCN2[C@H](C)c2nc(N)nc(Nc3ccccc3)n2)n1. The van der Waals surface area contributed by atoms with Gasteiger partial charge in [0, 0.05) is 16.8 Å². The molecule has 0 spiro atoms. The number of hydrogen-bond donors (Lipinski definition) is 2. The number of benzene rings is 1. The van der Waals surface area contributed by atoms with E-state index in [0.29, 0.717) is 17.8 Å². The van der Waals surface area contributed by atoms with E-state index in [0.717, 1.165) is 24.3 Å². The zero-order chi connectivity index (χ0) is 19.5. The van der Waals surface area contributed by atoms with Crippen molar-refractivity contribution in [2.75, 3.05) is 17.6 Å². The van der Waals surface area contributed by atoms with Crippen LogP contribution in [0, 0.1) is 6.92 Å². The molecule has 0 saturated carbocycles. The van der Waals surface area contributed by atoms with E-state index in [1.54, 1.807) is 11.3 Å². The Labute approximate surface area is 169 Å². The lowest BCUT2D eigenvalue weighted by Gasteiger charge is -2.38. The van der Waals surface area contributed by atoms with Crippen molar-refractivity contribution in [2.45, 2.75) is 45.2 Å². The summed E-state index contributed by atoms with van der Waals surface area (Å²) in [6.07, 6.45) is 3.49. The molecule has 0 radical (unpaired) electrons. The molecule has 0 amide bonds. The van der Waals surface area contributed by atoms with Crippen molar-refractivity contribution in [1.82, 2.24) is 24.8 Å². The number of aromatic nitrogens is 4. The fraction of sp³-hybridized carbons (Fsp3) is 0.400. The van der Waals surface area contributed by atoms with E-state index < -0.39 is 0 Å². The second kappa shape index (κ2) is 8.20. The molecule has 3 N–H and O–H groups in total. The highest BCUT2D eigenvalue weighted by molar-refractivity contribution is 7.09. The van der Waals surface area contributed by atoms with Crippen LogP contribution in [-0.2, 0) is 0 Å². The zero-order valence-corrected chi connectivity index (χ0v) is 17.0. The third-order valence-electron chi connectivity index (χ3n) is 5.04. The number of piperidine rings is 1. The predicted molar refractivity (Wildman–Crippen MR) is 113 cm³/mol. The van der Waals surface area contributed by atoms with Crippen LogP contribution in [0.3, 0.4) is 0 Å². The molecule has 4 rings (SSSR count). The average molecular weight is 396 g/mol. The van der Waals surface area contributed by atoms with Crippen LogP contribution in [-0.4, -0.2) is 31.4 Å². The van der Waals surface area contributed by atoms with Gasteiger partial charge < -0.3 is 11.1 Å². The summed E-state index contributed by atoms with van der Waals surface area (Å²) < 4.78 is 0. The normalized spacial score (nSPS) is 18.7. The van der Waals surface area contributed by atoms with Gasteiger partial charge in [-0.1, -0.05) is 24.6 Å². The maximum Gasteiger partial charge on any atom is 0.232 e. The number of anilines is 3. The van der Waals surface area contributed by atoms with Gasteiger partial charge in [-0.3, -0.25) is 4.90 Å². The van der Waals surface area contributed by atoms with E-state index in [9.17, 15) is 0 Å². The summed E-state index contributed by atoms with van der Waals surface area (Å²) in [5.41, 5.74) is 8.00. The molecular weight excluding hydrogens is 370 g/mol. The minimum Gasteiger partial charge on any atom is -0.368 e. The van der Waals surface area contributed by atoms with Crippen LogP contribution in [0.15, 0.2) is 35.7 Å². The second-order valence-electron chi connectivity index (χ2n) is 7.12. The molecule has 1 aliphatic heterocycles. The van der Waals surface area contributed by atoms with Crippen molar-refractivity contribution in [3.63, 3.8) is 0 Å². The number of likely N-dealkylation sites (tertiary alicyclic amines) is 1. The quantitative estimate of drug-likeness (QED) is 0.667. The molecule has 0 aliphatic carbocycles. The lowest BCUT2D eigenvalue weighted by Crippen LogP contribution is -2.36. The van der Waals surface area contributed by atoms with Crippen molar-refractivity contribution in [3.05, 3.63) is 52.2 Å². The molecule has 3 aromatic rings. The van der Waals surface area contributed by atoms with Gasteiger partial charge in [-0.15, -0.1) is 11.3 Å². The van der Waals surface area contributed by atoms with Crippen molar-refractivity contribution in [1.29, 1.82) is 0 Å². The molecule has 7 nitrogen and oxygen atoms in total. The number of rotatable bonds is 5. The van der Waals surface area contributed by atoms with Gasteiger partial charge in [0.2, 0.25) is 11.9 Å². The first-order valence-electron chi connectivity index (χ1n) is 9.61. The van der Waals surface area contributed by atoms with E-state index in [-0.39, 0.29) is 12.0 Å². The lowest BCUT2D eigenvalue weighted by atomic mass is 10.00. The second-order valence-corrected chi connectivity index (χ2v) is 8.01. The highest BCUT2D eigenvalue weighted by Gasteiger charge is 2.32. The summed E-state index contributed by atoms with van der Waals surface area (Å²) in [5, 5.41) is 6.51. The molecule has 0 unspecified atom stereocenters. The Morgan fingerprint density at radius 1 is 1.14 bits per heavy atom. The number of thiazole rings is 1. The molecule has 8 heteroatoms. The van der Waals surface area contributed by atoms with Crippen molar-refractivity contribution >= 4 is 28.9 Å². The third kappa shape index (κ3) is 4.13. The minimum absolute atomic E-state index is 0.0242. The number of hydrogen-bond acceptors (Lipinski definition) is 8. The maximum atomic E-state index is 6.00. The zero-order valence-electron chi connectivity index (χ0n) is 16.2. The van der Waals surface area contributed by atoms with Gasteiger partial charge >= 0.3 is 0 Å². The largest absolute Gasteiger partial charge is 0.368 e. The van der Waals surface area contributed by atoms with Crippen molar-refractivity contribution in [2.24, 2.45) is 0 Å². The summed E-state index contributed by atoms with van der Waals surface area (Å²) in [4.78, 5) is 20.5. The highest BCUT2D eigenvalue weighted by Crippen LogP contribution is 2.38. The molecule has 3 heterocycles. The van der Waals surface area contributed by atoms with Crippen LogP contribution in [0.2, 0.25) is 0 Å². The molecule has 28 heavy (non-hydrogen) atoms. The van der Waals surface area contributed by atoms with E-state index in [4.69, 9.17) is 10.7 Å². The fourth-order valence-electron chi connectivity index (χ4n) is 3.66. The first-order valence-corrected chi connectivity index (χ1v) is 10.5. The Morgan fingerprint density at radius 2 is 1.96 bits per heavy atom. The third-order valence-corrected chi connectivity index (χ3v) is 6.10. The number of aryl methyl sites for hydroxylation is 1. The fourth-order valence-corrected chi connectivity index (χ4v) is 4.61. The van der Waals surface area contributed by atoms with Gasteiger partial charge in [0.25, 0.3) is 0 Å². The first kappa shape index (κ1) is 18.8. The van der Waals surface area contributed by atoms with Gasteiger partial charge in [0.1, 0.15) is 5.01 Å². The summed E-state index contributed by atoms with van der Waals surface area (Å²) in [6, 6.07) is 10.2. The summed E-state index contributed by atoms with van der Waals surface area (Å²) >= 11 is 1.74. The van der Waals surface area contributed by atoms with Gasteiger partial charge in [0.05, 0.1) is 12.1 Å². The highest BCUT2D eigenvalue weighted by atomic mass is 32.1. The predicted octanol–water partition coefficient (Wildman–Crippen LogP) is 4.25. The molecule has 2 aromatic heterocycles. The Balaban J connectivity index is 1.60. The molecule has 1 aliphatic rings. The summed E-state index contributed by atoms with van der Waals surface area (Å²) in [7, 11) is 0. The smallest absolute Gasteiger partial charge is 0.232 e. The summed E-state index contributed by atoms with van der Waals surface area (Å²) in [6.45, 7) is 5.18. The number of nitrogens with one attached hydrogen (secondary N) is 1. The van der Waals surface area contributed by atoms with Gasteiger partial charge in [-0.05, 0) is 45.4 Å². The molecular formula is C20H25N7S.